The smallest absolute Gasteiger partial charge is 0.207 e. The number of thioether (sulfide) groups is 1. The second-order valence-electron chi connectivity index (χ2n) is 5.40. The van der Waals surface area contributed by atoms with E-state index in [0.29, 0.717) is 16.7 Å². The normalized spacial score (nSPS) is 26.4. The molecule has 2 fully saturated rings. The summed E-state index contributed by atoms with van der Waals surface area (Å²) < 4.78 is 27.6. The first kappa shape index (κ1) is 12.7. The molecule has 0 aliphatic carbocycles. The maximum absolute atomic E-state index is 13.0. The Balaban J connectivity index is 1.86. The largest absolute Gasteiger partial charge is 0.244 e. The summed E-state index contributed by atoms with van der Waals surface area (Å²) in [6.07, 6.45) is 1.01. The molecule has 2 aliphatic heterocycles. The zero-order valence-corrected chi connectivity index (χ0v) is 12.5. The van der Waals surface area contributed by atoms with Gasteiger partial charge in [-0.05, 0) is 17.9 Å². The van der Waals surface area contributed by atoms with Gasteiger partial charge >= 0.3 is 0 Å². The Hall–Kier alpha value is -1.04. The SMILES string of the molecule is O=S(=O)(c1cccc2ccccc12)N1C[C@H]2C[C@H]1CS2. The van der Waals surface area contributed by atoms with Crippen molar-refractivity contribution in [2.45, 2.75) is 22.6 Å². The molecule has 0 N–H and O–H groups in total. The first-order valence-electron chi connectivity index (χ1n) is 6.77. The van der Waals surface area contributed by atoms with Gasteiger partial charge in [-0.15, -0.1) is 0 Å². The zero-order valence-electron chi connectivity index (χ0n) is 10.9. The first-order chi connectivity index (χ1) is 9.66. The van der Waals surface area contributed by atoms with Crippen LogP contribution in [0.25, 0.3) is 10.8 Å². The van der Waals surface area contributed by atoms with Crippen LogP contribution in [0.15, 0.2) is 47.4 Å². The highest BCUT2D eigenvalue weighted by molar-refractivity contribution is 8.00. The summed E-state index contributed by atoms with van der Waals surface area (Å²) in [6.45, 7) is 0.668. The van der Waals surface area contributed by atoms with Crippen molar-refractivity contribution >= 4 is 32.6 Å². The molecule has 2 aromatic carbocycles. The van der Waals surface area contributed by atoms with Gasteiger partial charge in [0.15, 0.2) is 0 Å². The van der Waals surface area contributed by atoms with Gasteiger partial charge in [0.1, 0.15) is 0 Å². The van der Waals surface area contributed by atoms with E-state index < -0.39 is 10.0 Å². The number of fused-ring (bicyclic) bond motifs is 3. The fraction of sp³-hybridized carbons (Fsp3) is 0.333. The van der Waals surface area contributed by atoms with Crippen molar-refractivity contribution in [1.29, 1.82) is 0 Å². The third-order valence-electron chi connectivity index (χ3n) is 4.19. The third kappa shape index (κ3) is 1.80. The van der Waals surface area contributed by atoms with E-state index in [0.717, 1.165) is 22.9 Å². The molecule has 4 rings (SSSR count). The lowest BCUT2D eigenvalue weighted by Gasteiger charge is -2.26. The predicted molar refractivity (Wildman–Crippen MR) is 82.5 cm³/mol. The number of nitrogens with zero attached hydrogens (tertiary/aromatic N) is 1. The van der Waals surface area contributed by atoms with E-state index in [-0.39, 0.29) is 6.04 Å². The van der Waals surface area contributed by atoms with Crippen molar-refractivity contribution < 1.29 is 8.42 Å². The van der Waals surface area contributed by atoms with Gasteiger partial charge in [0, 0.05) is 29.0 Å². The van der Waals surface area contributed by atoms with Crippen LogP contribution in [0.4, 0.5) is 0 Å². The summed E-state index contributed by atoms with van der Waals surface area (Å²) in [5.74, 6) is 0.939. The van der Waals surface area contributed by atoms with E-state index in [4.69, 9.17) is 0 Å². The maximum Gasteiger partial charge on any atom is 0.244 e. The van der Waals surface area contributed by atoms with E-state index in [1.165, 1.54) is 0 Å². The van der Waals surface area contributed by atoms with E-state index in [1.807, 2.05) is 48.2 Å². The highest BCUT2D eigenvalue weighted by Crippen LogP contribution is 2.41. The van der Waals surface area contributed by atoms with Crippen LogP contribution in [0.3, 0.4) is 0 Å². The van der Waals surface area contributed by atoms with Gasteiger partial charge in [-0.25, -0.2) is 8.42 Å². The van der Waals surface area contributed by atoms with Crippen LogP contribution >= 0.6 is 11.8 Å². The number of sulfonamides is 1. The highest BCUT2D eigenvalue weighted by Gasteiger charge is 2.45. The minimum atomic E-state index is -3.38. The minimum Gasteiger partial charge on any atom is -0.207 e. The van der Waals surface area contributed by atoms with Crippen molar-refractivity contribution in [3.8, 4) is 0 Å². The van der Waals surface area contributed by atoms with Gasteiger partial charge in [0.25, 0.3) is 0 Å². The zero-order chi connectivity index (χ0) is 13.7. The molecule has 5 heteroatoms. The topological polar surface area (TPSA) is 37.4 Å². The van der Waals surface area contributed by atoms with Gasteiger partial charge in [-0.1, -0.05) is 36.4 Å². The number of rotatable bonds is 2. The van der Waals surface area contributed by atoms with Crippen molar-refractivity contribution in [2.75, 3.05) is 12.3 Å². The van der Waals surface area contributed by atoms with Crippen molar-refractivity contribution in [3.05, 3.63) is 42.5 Å². The van der Waals surface area contributed by atoms with Crippen molar-refractivity contribution in [2.24, 2.45) is 0 Å². The molecule has 0 unspecified atom stereocenters. The maximum atomic E-state index is 13.0. The summed E-state index contributed by atoms with van der Waals surface area (Å²) in [5.41, 5.74) is 0. The summed E-state index contributed by atoms with van der Waals surface area (Å²) in [7, 11) is -3.38. The molecule has 3 nitrogen and oxygen atoms in total. The minimum absolute atomic E-state index is 0.189. The van der Waals surface area contributed by atoms with Crippen LogP contribution in [-0.4, -0.2) is 36.3 Å². The fourth-order valence-corrected chi connectivity index (χ4v) is 6.73. The van der Waals surface area contributed by atoms with Crippen LogP contribution in [0, 0.1) is 0 Å². The quantitative estimate of drug-likeness (QED) is 0.856. The van der Waals surface area contributed by atoms with E-state index >= 15 is 0 Å². The number of hydrogen-bond donors (Lipinski definition) is 0. The summed E-state index contributed by atoms with van der Waals surface area (Å²) in [5, 5.41) is 2.29. The van der Waals surface area contributed by atoms with Gasteiger partial charge in [-0.2, -0.15) is 16.1 Å². The lowest BCUT2D eigenvalue weighted by Crippen LogP contribution is -2.39. The van der Waals surface area contributed by atoms with E-state index in [9.17, 15) is 8.42 Å². The molecule has 2 saturated heterocycles. The lowest BCUT2D eigenvalue weighted by atomic mass is 10.1. The number of hydrogen-bond acceptors (Lipinski definition) is 3. The highest BCUT2D eigenvalue weighted by atomic mass is 32.2. The molecule has 0 amide bonds. The molecule has 0 saturated carbocycles. The van der Waals surface area contributed by atoms with Crippen molar-refractivity contribution in [1.82, 2.24) is 4.31 Å². The molecule has 0 radical (unpaired) electrons. The molecule has 2 aliphatic rings. The standard InChI is InChI=1S/C15H15NO2S2/c17-20(18,16-9-13-8-12(16)10-19-13)15-7-3-5-11-4-1-2-6-14(11)15/h1-7,12-13H,8-10H2/t12-,13+/m0/s1. The Morgan fingerprint density at radius 2 is 1.90 bits per heavy atom. The Bertz CT molecular complexity index is 767. The summed E-state index contributed by atoms with van der Waals surface area (Å²) >= 11 is 1.90. The average molecular weight is 305 g/mol. The van der Waals surface area contributed by atoms with Gasteiger partial charge in [-0.3, -0.25) is 0 Å². The monoisotopic (exact) mass is 305 g/mol. The predicted octanol–water partition coefficient (Wildman–Crippen LogP) is 2.72. The second kappa shape index (κ2) is 4.48. The molecule has 2 heterocycles. The first-order valence-corrected chi connectivity index (χ1v) is 9.26. The molecule has 0 aromatic heterocycles. The van der Waals surface area contributed by atoms with Crippen molar-refractivity contribution in [3.63, 3.8) is 0 Å². The molecular weight excluding hydrogens is 290 g/mol. The number of benzene rings is 2. The average Bonchev–Trinajstić information content (AvgIpc) is 3.09. The Labute approximate surface area is 123 Å². The molecule has 2 atom stereocenters. The van der Waals surface area contributed by atoms with Crippen LogP contribution in [0.2, 0.25) is 0 Å². The summed E-state index contributed by atoms with van der Waals surface area (Å²) in [4.78, 5) is 0.452. The summed E-state index contributed by atoms with van der Waals surface area (Å²) in [6, 6.07) is 13.4. The Kier molecular flexibility index (Phi) is 2.84. The van der Waals surface area contributed by atoms with E-state index in [1.54, 1.807) is 10.4 Å². The molecule has 2 aromatic rings. The lowest BCUT2D eigenvalue weighted by molar-refractivity contribution is 0.410. The van der Waals surface area contributed by atoms with Crippen LogP contribution < -0.4 is 0 Å². The molecule has 20 heavy (non-hydrogen) atoms. The molecule has 2 bridgehead atoms. The third-order valence-corrected chi connectivity index (χ3v) is 7.55. The second-order valence-corrected chi connectivity index (χ2v) is 8.59. The van der Waals surface area contributed by atoms with Gasteiger partial charge < -0.3 is 0 Å². The fourth-order valence-electron chi connectivity index (χ4n) is 3.21. The van der Waals surface area contributed by atoms with Gasteiger partial charge in [0.2, 0.25) is 10.0 Å². The molecular formula is C15H15NO2S2. The van der Waals surface area contributed by atoms with Crippen LogP contribution in [0.1, 0.15) is 6.42 Å². The van der Waals surface area contributed by atoms with Crippen LogP contribution in [-0.2, 0) is 10.0 Å². The van der Waals surface area contributed by atoms with Gasteiger partial charge in [0.05, 0.1) is 4.90 Å². The van der Waals surface area contributed by atoms with Crippen LogP contribution in [0.5, 0.6) is 0 Å². The molecule has 104 valence electrons. The van der Waals surface area contributed by atoms with E-state index in [2.05, 4.69) is 0 Å². The molecule has 0 spiro atoms. The Morgan fingerprint density at radius 3 is 2.65 bits per heavy atom. The Morgan fingerprint density at radius 1 is 1.10 bits per heavy atom.